The first-order valence-corrected chi connectivity index (χ1v) is 16.6. The second kappa shape index (κ2) is 15.3. The molecule has 0 unspecified atom stereocenters. The van der Waals surface area contributed by atoms with Gasteiger partial charge in [-0.2, -0.15) is 39.5 Å². The number of esters is 1. The van der Waals surface area contributed by atoms with E-state index in [9.17, 15) is 58.7 Å². The highest BCUT2D eigenvalue weighted by Gasteiger charge is 2.48. The van der Waals surface area contributed by atoms with Gasteiger partial charge < -0.3 is 19.4 Å². The lowest BCUT2D eigenvalue weighted by molar-refractivity contribution is -0.190. The third-order valence-corrected chi connectivity index (χ3v) is 9.84. The monoisotopic (exact) mass is 812 g/mol. The number of nitrogens with zero attached hydrogens (tertiary/aromatic N) is 4. The number of hydrogen-bond donors (Lipinski definition) is 0. The maximum Gasteiger partial charge on any atom is 0.491 e. The molecule has 0 saturated carbocycles. The van der Waals surface area contributed by atoms with E-state index >= 15 is 0 Å². The number of likely N-dealkylation sites (N-methyl/N-ethyl adjacent to an activating group) is 1. The molecule has 54 heavy (non-hydrogen) atoms. The first kappa shape index (κ1) is 40.6. The van der Waals surface area contributed by atoms with Crippen molar-refractivity contribution in [2.45, 2.75) is 49.9 Å². The second-order valence-electron chi connectivity index (χ2n) is 12.6. The van der Waals surface area contributed by atoms with Crippen LogP contribution in [0.2, 0.25) is 10.0 Å². The zero-order chi connectivity index (χ0) is 39.9. The number of alkyl halides is 9. The van der Waals surface area contributed by atoms with E-state index in [4.69, 9.17) is 23.2 Å². The fourth-order valence-corrected chi connectivity index (χ4v) is 6.78. The molecule has 5 rings (SSSR count). The zero-order valence-electron chi connectivity index (χ0n) is 27.7. The molecule has 2 fully saturated rings. The molecule has 0 aliphatic carbocycles. The lowest BCUT2D eigenvalue weighted by Gasteiger charge is -2.43. The summed E-state index contributed by atoms with van der Waals surface area (Å²) < 4.78 is 127. The Morgan fingerprint density at radius 2 is 1.63 bits per heavy atom. The number of hydrogen-bond acceptors (Lipinski definition) is 6. The van der Waals surface area contributed by atoms with Crippen LogP contribution in [0.25, 0.3) is 0 Å². The number of carbonyl (C=O) groups excluding carboxylic acids is 4. The van der Waals surface area contributed by atoms with E-state index in [0.29, 0.717) is 16.2 Å². The molecule has 0 spiro atoms. The van der Waals surface area contributed by atoms with Gasteiger partial charge in [-0.3, -0.25) is 19.4 Å². The highest BCUT2D eigenvalue weighted by Crippen LogP contribution is 2.44. The molecule has 2 aromatic carbocycles. The molecule has 9 nitrogen and oxygen atoms in total. The molecule has 3 aromatic rings. The minimum Gasteiger partial charge on any atom is -0.418 e. The fraction of sp³-hybridized carbons (Fsp3) is 0.382. The van der Waals surface area contributed by atoms with Crippen LogP contribution in [-0.4, -0.2) is 82.3 Å². The smallest absolute Gasteiger partial charge is 0.418 e. The molecule has 3 heterocycles. The Balaban J connectivity index is 1.50. The summed E-state index contributed by atoms with van der Waals surface area (Å²) in [6.45, 7) is -0.108. The van der Waals surface area contributed by atoms with Gasteiger partial charge in [-0.25, -0.2) is 4.79 Å². The van der Waals surface area contributed by atoms with Gasteiger partial charge in [-0.15, -0.1) is 0 Å². The molecule has 2 saturated heterocycles. The number of amides is 3. The highest BCUT2D eigenvalue weighted by molar-refractivity contribution is 6.42. The van der Waals surface area contributed by atoms with Crippen molar-refractivity contribution in [3.63, 3.8) is 0 Å². The van der Waals surface area contributed by atoms with Gasteiger partial charge in [0, 0.05) is 51.3 Å². The quantitative estimate of drug-likeness (QED) is 0.140. The van der Waals surface area contributed by atoms with Crippen LogP contribution in [-0.2, 0) is 33.3 Å². The summed E-state index contributed by atoms with van der Waals surface area (Å²) in [5.41, 5.74) is -5.21. The third-order valence-electron chi connectivity index (χ3n) is 9.10. The fourth-order valence-electron chi connectivity index (χ4n) is 6.47. The van der Waals surface area contributed by atoms with Crippen LogP contribution < -0.4 is 4.74 Å². The van der Waals surface area contributed by atoms with Gasteiger partial charge in [-0.05, 0) is 48.4 Å². The number of piperidine rings is 1. The Hall–Kier alpha value is -4.58. The molecule has 290 valence electrons. The van der Waals surface area contributed by atoms with Crippen LogP contribution in [0.4, 0.5) is 39.5 Å². The second-order valence-corrected chi connectivity index (χ2v) is 13.4. The Bertz CT molecular complexity index is 1940. The predicted molar refractivity (Wildman–Crippen MR) is 172 cm³/mol. The normalized spacial score (nSPS) is 19.6. The molecular formula is C34H27Cl2F9N4O5. The van der Waals surface area contributed by atoms with Crippen molar-refractivity contribution < 1.29 is 63.4 Å². The number of rotatable bonds is 7. The van der Waals surface area contributed by atoms with E-state index in [1.54, 1.807) is 24.4 Å². The molecule has 1 aromatic heterocycles. The van der Waals surface area contributed by atoms with E-state index in [0.717, 1.165) is 7.05 Å². The van der Waals surface area contributed by atoms with Crippen molar-refractivity contribution in [3.05, 3.63) is 92.7 Å². The maximum atomic E-state index is 14.1. The van der Waals surface area contributed by atoms with Crippen LogP contribution in [0.1, 0.15) is 51.5 Å². The minimum absolute atomic E-state index is 0.0194. The SMILES string of the molecule is CN(C(=O)c1cc(C(F)(F)F)cc(C(F)(F)F)c1OC(=O)C(F)(F)F)[C@@H]1CCN(C(=O)[C@@H]2CC(=O)N(Cc3ccccn3)C2)C[C@H]1c1ccc(Cl)c(Cl)c1. The molecule has 0 radical (unpaired) electrons. The standard InChI is InChI=1S/C34H27Cl2F9N4O5/c1-47(30(52)21-12-19(32(37,38)39)13-23(33(40,41)42)28(21)54-31(53)34(43,44)45)26-7-9-48(16-22(26)17-5-6-24(35)25(36)10-17)29(51)18-11-27(50)49(14-18)15-20-4-2-3-8-46-20/h2-6,8,10,12-13,18,22,26H,7,9,11,14-16H2,1H3/t18-,22+,26-/m1/s1. The van der Waals surface area contributed by atoms with Crippen LogP contribution in [0.3, 0.4) is 0 Å². The molecule has 3 atom stereocenters. The maximum absolute atomic E-state index is 14.1. The zero-order valence-corrected chi connectivity index (χ0v) is 29.2. The Kier molecular flexibility index (Phi) is 11.5. The first-order chi connectivity index (χ1) is 25.1. The van der Waals surface area contributed by atoms with E-state index in [2.05, 4.69) is 9.72 Å². The van der Waals surface area contributed by atoms with E-state index < -0.39 is 82.7 Å². The average molecular weight is 814 g/mol. The average Bonchev–Trinajstić information content (AvgIpc) is 3.46. The number of halogens is 11. The number of aromatic nitrogens is 1. The number of pyridine rings is 1. The van der Waals surface area contributed by atoms with Crippen LogP contribution in [0.15, 0.2) is 54.7 Å². The van der Waals surface area contributed by atoms with Crippen molar-refractivity contribution in [3.8, 4) is 5.75 Å². The van der Waals surface area contributed by atoms with Crippen molar-refractivity contribution >= 4 is 46.9 Å². The topological polar surface area (TPSA) is 100 Å². The molecule has 3 amide bonds. The number of ether oxygens (including phenoxy) is 1. The van der Waals surface area contributed by atoms with Gasteiger partial charge in [0.25, 0.3) is 5.91 Å². The van der Waals surface area contributed by atoms with Gasteiger partial charge in [0.1, 0.15) is 0 Å². The Labute approximate surface area is 310 Å². The third kappa shape index (κ3) is 8.86. The predicted octanol–water partition coefficient (Wildman–Crippen LogP) is 7.40. The van der Waals surface area contributed by atoms with E-state index in [1.165, 1.54) is 28.0 Å². The van der Waals surface area contributed by atoms with Crippen LogP contribution >= 0.6 is 23.2 Å². The number of benzene rings is 2. The lowest BCUT2D eigenvalue weighted by Crippen LogP contribution is -2.53. The van der Waals surface area contributed by atoms with Crippen molar-refractivity contribution in [2.75, 3.05) is 26.7 Å². The van der Waals surface area contributed by atoms with Gasteiger partial charge >= 0.3 is 24.5 Å². The minimum atomic E-state index is -5.89. The lowest BCUT2D eigenvalue weighted by atomic mass is 9.84. The Morgan fingerprint density at radius 1 is 0.926 bits per heavy atom. The summed E-state index contributed by atoms with van der Waals surface area (Å²) in [5.74, 6) is -9.44. The van der Waals surface area contributed by atoms with Gasteiger partial charge in [0.15, 0.2) is 5.75 Å². The molecule has 20 heteroatoms. The van der Waals surface area contributed by atoms with Crippen LogP contribution in [0.5, 0.6) is 5.75 Å². The van der Waals surface area contributed by atoms with Gasteiger partial charge in [-0.1, -0.05) is 35.3 Å². The van der Waals surface area contributed by atoms with Gasteiger partial charge in [0.05, 0.1) is 44.9 Å². The van der Waals surface area contributed by atoms with Crippen LogP contribution in [0, 0.1) is 5.92 Å². The summed E-state index contributed by atoms with van der Waals surface area (Å²) >= 11 is 12.3. The summed E-state index contributed by atoms with van der Waals surface area (Å²) in [4.78, 5) is 60.1. The van der Waals surface area contributed by atoms with E-state index in [1.807, 2.05) is 0 Å². The summed E-state index contributed by atoms with van der Waals surface area (Å²) in [7, 11) is 0.989. The molecular weight excluding hydrogens is 786 g/mol. The molecule has 2 aliphatic heterocycles. The largest absolute Gasteiger partial charge is 0.491 e. The van der Waals surface area contributed by atoms with E-state index in [-0.39, 0.29) is 61.0 Å². The summed E-state index contributed by atoms with van der Waals surface area (Å²) in [6, 6.07) is 7.52. The van der Waals surface area contributed by atoms with Crippen molar-refractivity contribution in [1.29, 1.82) is 0 Å². The highest BCUT2D eigenvalue weighted by atomic mass is 35.5. The molecule has 0 bridgehead atoms. The Morgan fingerprint density at radius 3 is 2.22 bits per heavy atom. The van der Waals surface area contributed by atoms with Crippen molar-refractivity contribution in [2.24, 2.45) is 5.92 Å². The molecule has 2 aliphatic rings. The number of likely N-dealkylation sites (tertiary alicyclic amines) is 2. The number of carbonyl (C=O) groups is 4. The van der Waals surface area contributed by atoms with Crippen molar-refractivity contribution in [1.82, 2.24) is 19.7 Å². The summed E-state index contributed by atoms with van der Waals surface area (Å²) in [6.07, 6.45) is -16.0. The first-order valence-electron chi connectivity index (χ1n) is 15.9. The summed E-state index contributed by atoms with van der Waals surface area (Å²) in [5, 5.41) is 0.119. The van der Waals surface area contributed by atoms with Gasteiger partial charge in [0.2, 0.25) is 11.8 Å². The molecule has 0 N–H and O–H groups in total.